The second-order valence-corrected chi connectivity index (χ2v) is 7.08. The summed E-state index contributed by atoms with van der Waals surface area (Å²) in [6.07, 6.45) is 1.16. The molecule has 1 unspecified atom stereocenters. The van der Waals surface area contributed by atoms with Crippen molar-refractivity contribution in [1.82, 2.24) is 15.2 Å². The molecule has 5 nitrogen and oxygen atoms in total. The predicted octanol–water partition coefficient (Wildman–Crippen LogP) is 2.17. The highest BCUT2D eigenvalue weighted by atomic mass is 32.1. The van der Waals surface area contributed by atoms with Crippen molar-refractivity contribution in [3.05, 3.63) is 10.6 Å². The third-order valence-corrected chi connectivity index (χ3v) is 4.82. The van der Waals surface area contributed by atoms with E-state index in [0.29, 0.717) is 21.9 Å². The van der Waals surface area contributed by atoms with Crippen LogP contribution in [0, 0.1) is 18.8 Å². The molecule has 6 heteroatoms. The molecule has 0 saturated carbocycles. The Labute approximate surface area is 130 Å². The number of thiazole rings is 1. The predicted molar refractivity (Wildman–Crippen MR) is 85.1 cm³/mol. The van der Waals surface area contributed by atoms with Gasteiger partial charge in [-0.25, -0.2) is 4.98 Å². The SMILES string of the molecule is COc1nc(C)c(C(=O)NCC2CCN(CC(C)C)C2)s1. The molecule has 0 radical (unpaired) electrons. The molecule has 0 bridgehead atoms. The van der Waals surface area contributed by atoms with Crippen molar-refractivity contribution < 1.29 is 9.53 Å². The molecule has 1 saturated heterocycles. The fraction of sp³-hybridized carbons (Fsp3) is 0.733. The van der Waals surface area contributed by atoms with Crippen LogP contribution in [0.1, 0.15) is 35.6 Å². The van der Waals surface area contributed by atoms with Crippen LogP contribution in [0.4, 0.5) is 0 Å². The fourth-order valence-corrected chi connectivity index (χ4v) is 3.55. The van der Waals surface area contributed by atoms with Crippen molar-refractivity contribution >= 4 is 17.2 Å². The largest absolute Gasteiger partial charge is 0.473 e. The van der Waals surface area contributed by atoms with Gasteiger partial charge in [-0.2, -0.15) is 0 Å². The van der Waals surface area contributed by atoms with Crippen molar-refractivity contribution in [3.63, 3.8) is 0 Å². The number of nitrogens with zero attached hydrogens (tertiary/aromatic N) is 2. The maximum absolute atomic E-state index is 12.2. The number of hydrogen-bond acceptors (Lipinski definition) is 5. The van der Waals surface area contributed by atoms with Gasteiger partial charge in [0, 0.05) is 19.6 Å². The Morgan fingerprint density at radius 2 is 2.33 bits per heavy atom. The quantitative estimate of drug-likeness (QED) is 0.875. The van der Waals surface area contributed by atoms with Crippen molar-refractivity contribution in [3.8, 4) is 5.19 Å². The van der Waals surface area contributed by atoms with Gasteiger partial charge in [0.15, 0.2) is 0 Å². The topological polar surface area (TPSA) is 54.5 Å². The highest BCUT2D eigenvalue weighted by molar-refractivity contribution is 7.15. The minimum absolute atomic E-state index is 0.0318. The van der Waals surface area contributed by atoms with Gasteiger partial charge in [-0.15, -0.1) is 0 Å². The lowest BCUT2D eigenvalue weighted by atomic mass is 10.1. The summed E-state index contributed by atoms with van der Waals surface area (Å²) in [7, 11) is 1.57. The van der Waals surface area contributed by atoms with Gasteiger partial charge in [-0.05, 0) is 31.7 Å². The monoisotopic (exact) mass is 311 g/mol. The summed E-state index contributed by atoms with van der Waals surface area (Å²) in [6, 6.07) is 0. The van der Waals surface area contributed by atoms with Gasteiger partial charge in [-0.1, -0.05) is 25.2 Å². The second-order valence-electron chi connectivity index (χ2n) is 6.12. The lowest BCUT2D eigenvalue weighted by Gasteiger charge is -2.18. The van der Waals surface area contributed by atoms with Crippen LogP contribution in [0.2, 0.25) is 0 Å². The van der Waals surface area contributed by atoms with Crippen LogP contribution in [-0.4, -0.2) is 49.1 Å². The molecule has 1 aromatic heterocycles. The summed E-state index contributed by atoms with van der Waals surface area (Å²) in [4.78, 5) is 19.5. The lowest BCUT2D eigenvalue weighted by molar-refractivity contribution is 0.0950. The number of ether oxygens (including phenoxy) is 1. The van der Waals surface area contributed by atoms with Crippen LogP contribution in [0.5, 0.6) is 5.19 Å². The van der Waals surface area contributed by atoms with E-state index in [1.807, 2.05) is 6.92 Å². The molecule has 0 spiro atoms. The summed E-state index contributed by atoms with van der Waals surface area (Å²) >= 11 is 1.30. The van der Waals surface area contributed by atoms with Crippen LogP contribution < -0.4 is 10.1 Å². The van der Waals surface area contributed by atoms with E-state index in [1.165, 1.54) is 11.3 Å². The molecular formula is C15H25N3O2S. The van der Waals surface area contributed by atoms with Gasteiger partial charge < -0.3 is 15.0 Å². The van der Waals surface area contributed by atoms with Gasteiger partial charge in [0.25, 0.3) is 11.1 Å². The zero-order valence-corrected chi connectivity index (χ0v) is 14.1. The fourth-order valence-electron chi connectivity index (χ4n) is 2.75. The maximum atomic E-state index is 12.2. The summed E-state index contributed by atoms with van der Waals surface area (Å²) in [5.41, 5.74) is 0.738. The highest BCUT2D eigenvalue weighted by Gasteiger charge is 2.24. The molecule has 1 aliphatic heterocycles. The average molecular weight is 311 g/mol. The van der Waals surface area contributed by atoms with Crippen LogP contribution in [0.3, 0.4) is 0 Å². The van der Waals surface area contributed by atoms with Gasteiger partial charge in [-0.3, -0.25) is 4.79 Å². The molecule has 1 amide bonds. The van der Waals surface area contributed by atoms with E-state index < -0.39 is 0 Å². The number of carbonyl (C=O) groups is 1. The van der Waals surface area contributed by atoms with Crippen LogP contribution >= 0.6 is 11.3 Å². The third-order valence-electron chi connectivity index (χ3n) is 3.70. The molecule has 1 aromatic rings. The van der Waals surface area contributed by atoms with Gasteiger partial charge in [0.05, 0.1) is 12.8 Å². The second kappa shape index (κ2) is 7.22. The van der Waals surface area contributed by atoms with E-state index in [2.05, 4.69) is 29.0 Å². The van der Waals surface area contributed by atoms with E-state index in [9.17, 15) is 4.79 Å². The first-order valence-electron chi connectivity index (χ1n) is 7.51. The first kappa shape index (κ1) is 16.2. The Morgan fingerprint density at radius 3 is 2.95 bits per heavy atom. The van der Waals surface area contributed by atoms with E-state index in [4.69, 9.17) is 4.74 Å². The van der Waals surface area contributed by atoms with E-state index >= 15 is 0 Å². The average Bonchev–Trinajstić information content (AvgIpc) is 3.02. The smallest absolute Gasteiger partial charge is 0.273 e. The molecule has 1 N–H and O–H groups in total. The van der Waals surface area contributed by atoms with Gasteiger partial charge in [0.2, 0.25) is 0 Å². The Morgan fingerprint density at radius 1 is 1.57 bits per heavy atom. The van der Waals surface area contributed by atoms with Crippen molar-refractivity contribution in [1.29, 1.82) is 0 Å². The Hall–Kier alpha value is -1.14. The molecule has 1 aliphatic rings. The van der Waals surface area contributed by atoms with Crippen LogP contribution in [-0.2, 0) is 0 Å². The summed E-state index contributed by atoms with van der Waals surface area (Å²) in [5.74, 6) is 1.23. The minimum Gasteiger partial charge on any atom is -0.473 e. The molecule has 2 heterocycles. The van der Waals surface area contributed by atoms with Crippen molar-refractivity contribution in [2.45, 2.75) is 27.2 Å². The van der Waals surface area contributed by atoms with Gasteiger partial charge >= 0.3 is 0 Å². The Kier molecular flexibility index (Phi) is 5.58. The lowest BCUT2D eigenvalue weighted by Crippen LogP contribution is -2.31. The third kappa shape index (κ3) is 4.41. The zero-order chi connectivity index (χ0) is 15.4. The number of aromatic nitrogens is 1. The number of aryl methyl sites for hydroxylation is 1. The number of nitrogens with one attached hydrogen (secondary N) is 1. The number of hydrogen-bond donors (Lipinski definition) is 1. The van der Waals surface area contributed by atoms with Crippen molar-refractivity contribution in [2.24, 2.45) is 11.8 Å². The number of carbonyl (C=O) groups excluding carboxylic acids is 1. The molecule has 1 atom stereocenters. The van der Waals surface area contributed by atoms with Crippen LogP contribution in [0.25, 0.3) is 0 Å². The maximum Gasteiger partial charge on any atom is 0.273 e. The van der Waals surface area contributed by atoms with E-state index in [0.717, 1.165) is 38.3 Å². The number of methoxy groups -OCH3 is 1. The summed E-state index contributed by atoms with van der Waals surface area (Å²) in [5, 5.41) is 3.59. The molecule has 118 valence electrons. The van der Waals surface area contributed by atoms with E-state index in [-0.39, 0.29) is 5.91 Å². The summed E-state index contributed by atoms with van der Waals surface area (Å²) < 4.78 is 5.08. The first-order chi connectivity index (χ1) is 9.99. The summed E-state index contributed by atoms with van der Waals surface area (Å²) in [6.45, 7) is 10.5. The molecule has 1 fully saturated rings. The minimum atomic E-state index is -0.0318. The van der Waals surface area contributed by atoms with E-state index in [1.54, 1.807) is 7.11 Å². The van der Waals surface area contributed by atoms with Gasteiger partial charge in [0.1, 0.15) is 4.88 Å². The first-order valence-corrected chi connectivity index (χ1v) is 8.33. The number of amides is 1. The number of likely N-dealkylation sites (tertiary alicyclic amines) is 1. The molecule has 21 heavy (non-hydrogen) atoms. The highest BCUT2D eigenvalue weighted by Crippen LogP contribution is 2.24. The molecule has 0 aliphatic carbocycles. The van der Waals surface area contributed by atoms with Crippen LogP contribution in [0.15, 0.2) is 0 Å². The standard InChI is InChI=1S/C15H25N3O2S/c1-10(2)8-18-6-5-12(9-18)7-16-14(19)13-11(3)17-15(20-4)21-13/h10,12H,5-9H2,1-4H3,(H,16,19). The molecular weight excluding hydrogens is 286 g/mol. The molecule has 0 aromatic carbocycles. The Balaban J connectivity index is 1.80. The van der Waals surface area contributed by atoms with Crippen molar-refractivity contribution in [2.75, 3.05) is 33.3 Å². The number of rotatable bonds is 6. The normalized spacial score (nSPS) is 19.2. The zero-order valence-electron chi connectivity index (χ0n) is 13.3. The molecule has 2 rings (SSSR count). The Bertz CT molecular complexity index is 487.